The summed E-state index contributed by atoms with van der Waals surface area (Å²) in [6.07, 6.45) is 3.16. The summed E-state index contributed by atoms with van der Waals surface area (Å²) in [7, 11) is 1.83. The number of benzene rings is 1. The Morgan fingerprint density at radius 2 is 1.85 bits per heavy atom. The minimum absolute atomic E-state index is 0.0360. The molecule has 27 heavy (non-hydrogen) atoms. The van der Waals surface area contributed by atoms with Crippen molar-refractivity contribution < 1.29 is 14.0 Å². The molecule has 1 aliphatic heterocycles. The summed E-state index contributed by atoms with van der Waals surface area (Å²) in [6, 6.07) is 11.4. The molecule has 144 valence electrons. The number of anilines is 1. The molecule has 2 aromatic rings. The molecule has 3 rings (SSSR count). The lowest BCUT2D eigenvalue weighted by Crippen LogP contribution is -2.45. The summed E-state index contributed by atoms with van der Waals surface area (Å²) in [5.41, 5.74) is 1.69. The van der Waals surface area contributed by atoms with E-state index in [9.17, 15) is 9.59 Å². The number of nitrogens with one attached hydrogen (secondary N) is 1. The molecule has 6 nitrogen and oxygen atoms in total. The Bertz CT molecular complexity index is 778. The monoisotopic (exact) mass is 369 g/mol. The molecule has 0 atom stereocenters. The summed E-state index contributed by atoms with van der Waals surface area (Å²) in [4.78, 5) is 29.0. The second kappa shape index (κ2) is 8.29. The molecule has 0 saturated carbocycles. The van der Waals surface area contributed by atoms with Gasteiger partial charge < -0.3 is 19.5 Å². The predicted octanol–water partition coefficient (Wildman–Crippen LogP) is 3.16. The van der Waals surface area contributed by atoms with Gasteiger partial charge in [-0.05, 0) is 51.0 Å². The van der Waals surface area contributed by atoms with Gasteiger partial charge in [0.25, 0.3) is 11.8 Å². The van der Waals surface area contributed by atoms with E-state index in [2.05, 4.69) is 10.2 Å². The second-order valence-corrected chi connectivity index (χ2v) is 7.24. The zero-order valence-corrected chi connectivity index (χ0v) is 16.1. The van der Waals surface area contributed by atoms with Gasteiger partial charge in [-0.1, -0.05) is 12.1 Å². The molecule has 0 radical (unpaired) electrons. The normalized spacial score (nSPS) is 15.0. The van der Waals surface area contributed by atoms with E-state index < -0.39 is 0 Å². The first kappa shape index (κ1) is 19.0. The van der Waals surface area contributed by atoms with Crippen LogP contribution in [0.2, 0.25) is 0 Å². The van der Waals surface area contributed by atoms with Crippen LogP contribution >= 0.6 is 0 Å². The minimum atomic E-state index is -0.174. The predicted molar refractivity (Wildman–Crippen MR) is 105 cm³/mol. The average Bonchev–Trinajstić information content (AvgIpc) is 3.22. The van der Waals surface area contributed by atoms with Gasteiger partial charge in [0.05, 0.1) is 11.8 Å². The number of nitrogens with zero attached hydrogens (tertiary/aromatic N) is 2. The minimum Gasteiger partial charge on any atom is -0.459 e. The smallest absolute Gasteiger partial charge is 0.287 e. The third kappa shape index (κ3) is 4.32. The number of para-hydroxylation sites is 1. The lowest BCUT2D eigenvalue weighted by atomic mass is 10.0. The first-order valence-corrected chi connectivity index (χ1v) is 9.43. The number of carbonyl (C=O) groups is 2. The molecule has 2 amide bonds. The molecule has 2 heterocycles. The van der Waals surface area contributed by atoms with Gasteiger partial charge in [-0.3, -0.25) is 9.59 Å². The zero-order chi connectivity index (χ0) is 19.4. The van der Waals surface area contributed by atoms with Crippen molar-refractivity contribution in [3.8, 4) is 0 Å². The fourth-order valence-electron chi connectivity index (χ4n) is 3.28. The van der Waals surface area contributed by atoms with Crippen LogP contribution in [0, 0.1) is 0 Å². The van der Waals surface area contributed by atoms with Crippen LogP contribution < -0.4 is 10.2 Å². The number of furan rings is 1. The summed E-state index contributed by atoms with van der Waals surface area (Å²) in [5, 5.41) is 3.03. The first-order valence-electron chi connectivity index (χ1n) is 9.43. The molecule has 1 aromatic carbocycles. The van der Waals surface area contributed by atoms with Gasteiger partial charge in [-0.2, -0.15) is 0 Å². The van der Waals surface area contributed by atoms with Gasteiger partial charge in [-0.15, -0.1) is 0 Å². The third-order valence-corrected chi connectivity index (χ3v) is 5.15. The highest BCUT2D eigenvalue weighted by atomic mass is 16.3. The fourth-order valence-corrected chi connectivity index (χ4v) is 3.28. The number of carbonyl (C=O) groups excluding carboxylic acids is 2. The average molecular weight is 369 g/mol. The van der Waals surface area contributed by atoms with Gasteiger partial charge in [0, 0.05) is 37.9 Å². The molecular weight excluding hydrogens is 342 g/mol. The first-order chi connectivity index (χ1) is 13.0. The van der Waals surface area contributed by atoms with Crippen molar-refractivity contribution in [1.82, 2.24) is 10.2 Å². The highest BCUT2D eigenvalue weighted by Crippen LogP contribution is 2.26. The van der Waals surface area contributed by atoms with Crippen molar-refractivity contribution in [3.05, 3.63) is 54.0 Å². The van der Waals surface area contributed by atoms with Crippen molar-refractivity contribution in [3.63, 3.8) is 0 Å². The van der Waals surface area contributed by atoms with E-state index in [4.69, 9.17) is 4.42 Å². The maximum absolute atomic E-state index is 12.8. The van der Waals surface area contributed by atoms with Crippen molar-refractivity contribution in [2.45, 2.75) is 38.8 Å². The molecule has 0 aliphatic carbocycles. The van der Waals surface area contributed by atoms with E-state index in [0.717, 1.165) is 37.2 Å². The highest BCUT2D eigenvalue weighted by Gasteiger charge is 2.25. The fraction of sp³-hybridized carbons (Fsp3) is 0.429. The van der Waals surface area contributed by atoms with Crippen LogP contribution in [0.1, 0.15) is 47.6 Å². The second-order valence-electron chi connectivity index (χ2n) is 7.24. The zero-order valence-electron chi connectivity index (χ0n) is 16.1. The van der Waals surface area contributed by atoms with Crippen molar-refractivity contribution in [2.24, 2.45) is 0 Å². The number of hydrogen-bond acceptors (Lipinski definition) is 4. The Labute approximate surface area is 160 Å². The molecule has 1 aromatic heterocycles. The maximum Gasteiger partial charge on any atom is 0.287 e. The SMILES string of the molecule is CC(C)N(C)C(=O)c1ccccc1N1CCC(NC(=O)c2ccco2)CC1. The van der Waals surface area contributed by atoms with Gasteiger partial charge in [0.2, 0.25) is 0 Å². The van der Waals surface area contributed by atoms with E-state index in [0.29, 0.717) is 5.76 Å². The number of rotatable bonds is 5. The van der Waals surface area contributed by atoms with E-state index in [1.807, 2.05) is 45.2 Å². The largest absolute Gasteiger partial charge is 0.459 e. The van der Waals surface area contributed by atoms with Crippen LogP contribution in [0.15, 0.2) is 47.1 Å². The summed E-state index contributed by atoms with van der Waals surface area (Å²) in [6.45, 7) is 5.60. The van der Waals surface area contributed by atoms with Gasteiger partial charge >= 0.3 is 0 Å². The van der Waals surface area contributed by atoms with E-state index >= 15 is 0 Å². The molecule has 1 saturated heterocycles. The van der Waals surface area contributed by atoms with Gasteiger partial charge in [0.1, 0.15) is 0 Å². The van der Waals surface area contributed by atoms with Crippen LogP contribution in [-0.2, 0) is 0 Å². The van der Waals surface area contributed by atoms with Crippen molar-refractivity contribution >= 4 is 17.5 Å². The number of amides is 2. The van der Waals surface area contributed by atoms with Gasteiger partial charge in [-0.25, -0.2) is 0 Å². The standard InChI is InChI=1S/C21H27N3O3/c1-15(2)23(3)21(26)17-7-4-5-8-18(17)24-12-10-16(11-13-24)22-20(25)19-9-6-14-27-19/h4-9,14-16H,10-13H2,1-3H3,(H,22,25). The summed E-state index contributed by atoms with van der Waals surface area (Å²) < 4.78 is 5.15. The van der Waals surface area contributed by atoms with E-state index in [1.54, 1.807) is 17.0 Å². The molecular formula is C21H27N3O3. The van der Waals surface area contributed by atoms with Gasteiger partial charge in [0.15, 0.2) is 5.76 Å². The molecule has 0 bridgehead atoms. The number of piperidine rings is 1. The van der Waals surface area contributed by atoms with Crippen LogP contribution in [0.4, 0.5) is 5.69 Å². The van der Waals surface area contributed by atoms with Crippen LogP contribution in [0.3, 0.4) is 0 Å². The van der Waals surface area contributed by atoms with Crippen LogP contribution in [-0.4, -0.2) is 48.9 Å². The molecule has 1 fully saturated rings. The molecule has 6 heteroatoms. The summed E-state index contributed by atoms with van der Waals surface area (Å²) >= 11 is 0. The molecule has 1 N–H and O–H groups in total. The lowest BCUT2D eigenvalue weighted by molar-refractivity contribution is 0.0755. The topological polar surface area (TPSA) is 65.8 Å². The third-order valence-electron chi connectivity index (χ3n) is 5.15. The quantitative estimate of drug-likeness (QED) is 0.879. The molecule has 1 aliphatic rings. The van der Waals surface area contributed by atoms with Crippen LogP contribution in [0.25, 0.3) is 0 Å². The Hall–Kier alpha value is -2.76. The highest BCUT2D eigenvalue weighted by molar-refractivity contribution is 5.99. The van der Waals surface area contributed by atoms with Crippen LogP contribution in [0.5, 0.6) is 0 Å². The van der Waals surface area contributed by atoms with Crippen molar-refractivity contribution in [1.29, 1.82) is 0 Å². The Balaban J connectivity index is 1.64. The maximum atomic E-state index is 12.8. The Morgan fingerprint density at radius 1 is 1.15 bits per heavy atom. The Morgan fingerprint density at radius 3 is 2.48 bits per heavy atom. The Kier molecular flexibility index (Phi) is 5.84. The summed E-state index contributed by atoms with van der Waals surface area (Å²) in [5.74, 6) is 0.200. The molecule has 0 unspecified atom stereocenters. The van der Waals surface area contributed by atoms with Crippen molar-refractivity contribution in [2.75, 3.05) is 25.0 Å². The molecule has 0 spiro atoms. The lowest BCUT2D eigenvalue weighted by Gasteiger charge is -2.35. The van der Waals surface area contributed by atoms with E-state index in [1.165, 1.54) is 6.26 Å². The number of hydrogen-bond donors (Lipinski definition) is 1. The van der Waals surface area contributed by atoms with E-state index in [-0.39, 0.29) is 23.9 Å².